The quantitative estimate of drug-likeness (QED) is 0.823. The van der Waals surface area contributed by atoms with E-state index in [9.17, 15) is 4.39 Å². The van der Waals surface area contributed by atoms with Gasteiger partial charge in [-0.25, -0.2) is 4.39 Å². The molecule has 0 radical (unpaired) electrons. The van der Waals surface area contributed by atoms with Gasteiger partial charge in [0.25, 0.3) is 0 Å². The van der Waals surface area contributed by atoms with Crippen molar-refractivity contribution in [1.82, 2.24) is 10.3 Å². The Morgan fingerprint density at radius 2 is 2.10 bits per heavy atom. The zero-order valence-electron chi connectivity index (χ0n) is 11.7. The molecular weight excluding hydrogens is 310 g/mol. The Kier molecular flexibility index (Phi) is 5.97. The first-order chi connectivity index (χ1) is 10.1. The number of nitrogens with one attached hydrogen (secondary N) is 1. The molecule has 1 atom stereocenters. The Morgan fingerprint density at radius 3 is 2.76 bits per heavy atom. The van der Waals surface area contributed by atoms with Crippen LogP contribution in [-0.4, -0.2) is 11.5 Å². The van der Waals surface area contributed by atoms with E-state index in [1.807, 2.05) is 0 Å². The van der Waals surface area contributed by atoms with E-state index >= 15 is 0 Å². The van der Waals surface area contributed by atoms with Gasteiger partial charge in [-0.15, -0.1) is 0 Å². The second-order valence-corrected chi connectivity index (χ2v) is 5.66. The number of rotatable bonds is 6. The average molecular weight is 327 g/mol. The van der Waals surface area contributed by atoms with Crippen LogP contribution in [-0.2, 0) is 6.42 Å². The maximum atomic E-state index is 14.0. The van der Waals surface area contributed by atoms with Crippen molar-refractivity contribution in [2.24, 2.45) is 0 Å². The molecule has 0 spiro atoms. The van der Waals surface area contributed by atoms with Gasteiger partial charge in [0, 0.05) is 11.2 Å². The van der Waals surface area contributed by atoms with Gasteiger partial charge in [0.1, 0.15) is 5.82 Å². The molecule has 5 heteroatoms. The number of hydrogen-bond acceptors (Lipinski definition) is 2. The highest BCUT2D eigenvalue weighted by Gasteiger charge is 2.18. The average Bonchev–Trinajstić information content (AvgIpc) is 2.46. The van der Waals surface area contributed by atoms with Gasteiger partial charge < -0.3 is 5.32 Å². The minimum Gasteiger partial charge on any atom is -0.308 e. The number of pyridine rings is 1. The summed E-state index contributed by atoms with van der Waals surface area (Å²) in [5.41, 5.74) is 1.33. The van der Waals surface area contributed by atoms with Crippen molar-refractivity contribution in [3.05, 3.63) is 63.6 Å². The van der Waals surface area contributed by atoms with Crippen LogP contribution in [0.5, 0.6) is 0 Å². The summed E-state index contributed by atoms with van der Waals surface area (Å²) in [7, 11) is 0. The lowest BCUT2D eigenvalue weighted by Gasteiger charge is -2.19. The Labute approximate surface area is 134 Å². The molecule has 2 nitrogen and oxygen atoms in total. The van der Waals surface area contributed by atoms with Crippen molar-refractivity contribution in [3.8, 4) is 0 Å². The highest BCUT2D eigenvalue weighted by molar-refractivity contribution is 6.31. The van der Waals surface area contributed by atoms with Gasteiger partial charge in [0.2, 0.25) is 0 Å². The molecule has 112 valence electrons. The SMILES string of the molecule is CCCNC(Cc1ccc(Cl)cc1F)c1ncccc1Cl. The third kappa shape index (κ3) is 4.40. The first-order valence-electron chi connectivity index (χ1n) is 6.89. The van der Waals surface area contributed by atoms with E-state index in [0.717, 1.165) is 18.7 Å². The lowest BCUT2D eigenvalue weighted by Crippen LogP contribution is -2.25. The summed E-state index contributed by atoms with van der Waals surface area (Å²) >= 11 is 12.0. The molecule has 0 saturated heterocycles. The predicted molar refractivity (Wildman–Crippen MR) is 85.4 cm³/mol. The van der Waals surface area contributed by atoms with Crippen LogP contribution in [0.25, 0.3) is 0 Å². The van der Waals surface area contributed by atoms with E-state index in [1.165, 1.54) is 6.07 Å². The van der Waals surface area contributed by atoms with Gasteiger partial charge in [0.05, 0.1) is 16.8 Å². The van der Waals surface area contributed by atoms with E-state index in [1.54, 1.807) is 30.5 Å². The topological polar surface area (TPSA) is 24.9 Å². The lowest BCUT2D eigenvalue weighted by atomic mass is 10.0. The fourth-order valence-corrected chi connectivity index (χ4v) is 2.56. The third-order valence-electron chi connectivity index (χ3n) is 3.20. The maximum Gasteiger partial charge on any atom is 0.127 e. The van der Waals surface area contributed by atoms with E-state index < -0.39 is 0 Å². The largest absolute Gasteiger partial charge is 0.308 e. The highest BCUT2D eigenvalue weighted by atomic mass is 35.5. The number of nitrogens with zero attached hydrogens (tertiary/aromatic N) is 1. The molecule has 0 aliphatic heterocycles. The van der Waals surface area contributed by atoms with Gasteiger partial charge >= 0.3 is 0 Å². The van der Waals surface area contributed by atoms with Crippen molar-refractivity contribution in [2.75, 3.05) is 6.54 Å². The van der Waals surface area contributed by atoms with Crippen LogP contribution >= 0.6 is 23.2 Å². The molecule has 1 N–H and O–H groups in total. The molecule has 0 bridgehead atoms. The van der Waals surface area contributed by atoms with E-state index in [2.05, 4.69) is 17.2 Å². The van der Waals surface area contributed by atoms with Crippen LogP contribution in [0.15, 0.2) is 36.5 Å². The predicted octanol–water partition coefficient (Wildman–Crippen LogP) is 4.81. The lowest BCUT2D eigenvalue weighted by molar-refractivity contribution is 0.503. The fraction of sp³-hybridized carbons (Fsp3) is 0.312. The zero-order valence-corrected chi connectivity index (χ0v) is 13.3. The molecule has 2 rings (SSSR count). The van der Waals surface area contributed by atoms with E-state index in [-0.39, 0.29) is 11.9 Å². The Balaban J connectivity index is 2.26. The summed E-state index contributed by atoms with van der Waals surface area (Å²) in [4.78, 5) is 4.33. The normalized spacial score (nSPS) is 12.4. The van der Waals surface area contributed by atoms with Crippen molar-refractivity contribution < 1.29 is 4.39 Å². The number of halogens is 3. The second kappa shape index (κ2) is 7.74. The summed E-state index contributed by atoms with van der Waals surface area (Å²) < 4.78 is 14.0. The standard InChI is InChI=1S/C16H17Cl2FN2/c1-2-7-20-15(16-13(18)4-3-8-21-16)9-11-5-6-12(17)10-14(11)19/h3-6,8,10,15,20H,2,7,9H2,1H3. The molecule has 0 aliphatic carbocycles. The molecular formula is C16H17Cl2FN2. The molecule has 1 unspecified atom stereocenters. The van der Waals surface area contributed by atoms with Gasteiger partial charge in [-0.2, -0.15) is 0 Å². The maximum absolute atomic E-state index is 14.0. The summed E-state index contributed by atoms with van der Waals surface area (Å²) in [6, 6.07) is 8.17. The van der Waals surface area contributed by atoms with Crippen molar-refractivity contribution in [2.45, 2.75) is 25.8 Å². The summed E-state index contributed by atoms with van der Waals surface area (Å²) in [5.74, 6) is -0.308. The highest BCUT2D eigenvalue weighted by Crippen LogP contribution is 2.25. The second-order valence-electron chi connectivity index (χ2n) is 4.82. The van der Waals surface area contributed by atoms with Gasteiger partial charge in [-0.1, -0.05) is 36.2 Å². The van der Waals surface area contributed by atoms with Crippen LogP contribution in [0, 0.1) is 5.82 Å². The summed E-state index contributed by atoms with van der Waals surface area (Å²) in [6.45, 7) is 2.89. The summed E-state index contributed by atoms with van der Waals surface area (Å²) in [5, 5.41) is 4.35. The minimum atomic E-state index is -0.308. The molecule has 0 fully saturated rings. The molecule has 1 aromatic heterocycles. The molecule has 1 heterocycles. The third-order valence-corrected chi connectivity index (χ3v) is 3.75. The van der Waals surface area contributed by atoms with Crippen LogP contribution in [0.4, 0.5) is 4.39 Å². The first-order valence-corrected chi connectivity index (χ1v) is 7.65. The Hall–Kier alpha value is -1.16. The molecule has 2 aromatic rings. The van der Waals surface area contributed by atoms with E-state index in [0.29, 0.717) is 22.0 Å². The number of hydrogen-bond donors (Lipinski definition) is 1. The Bertz CT molecular complexity index is 605. The van der Waals surface area contributed by atoms with Crippen LogP contribution in [0.2, 0.25) is 10.0 Å². The zero-order chi connectivity index (χ0) is 15.2. The van der Waals surface area contributed by atoms with Gasteiger partial charge in [-0.05, 0) is 49.2 Å². The summed E-state index contributed by atoms with van der Waals surface area (Å²) in [6.07, 6.45) is 3.14. The minimum absolute atomic E-state index is 0.130. The molecule has 0 amide bonds. The fourth-order valence-electron chi connectivity index (χ4n) is 2.15. The van der Waals surface area contributed by atoms with Crippen LogP contribution < -0.4 is 5.32 Å². The molecule has 0 saturated carbocycles. The monoisotopic (exact) mass is 326 g/mol. The van der Waals surface area contributed by atoms with Crippen molar-refractivity contribution in [3.63, 3.8) is 0 Å². The van der Waals surface area contributed by atoms with Crippen LogP contribution in [0.1, 0.15) is 30.6 Å². The molecule has 21 heavy (non-hydrogen) atoms. The molecule has 1 aromatic carbocycles. The van der Waals surface area contributed by atoms with Crippen molar-refractivity contribution >= 4 is 23.2 Å². The van der Waals surface area contributed by atoms with Crippen LogP contribution in [0.3, 0.4) is 0 Å². The number of aromatic nitrogens is 1. The molecule has 0 aliphatic rings. The van der Waals surface area contributed by atoms with Gasteiger partial charge in [0.15, 0.2) is 0 Å². The smallest absolute Gasteiger partial charge is 0.127 e. The van der Waals surface area contributed by atoms with Crippen molar-refractivity contribution in [1.29, 1.82) is 0 Å². The Morgan fingerprint density at radius 1 is 1.29 bits per heavy atom. The first kappa shape index (κ1) is 16.2. The number of benzene rings is 1. The van der Waals surface area contributed by atoms with Gasteiger partial charge in [-0.3, -0.25) is 4.98 Å². The van der Waals surface area contributed by atoms with E-state index in [4.69, 9.17) is 23.2 Å².